The molecule has 0 spiro atoms. The van der Waals surface area contributed by atoms with Crippen LogP contribution in [0.2, 0.25) is 0 Å². The van der Waals surface area contributed by atoms with Crippen LogP contribution >= 0.6 is 0 Å². The molecule has 2 heterocycles. The van der Waals surface area contributed by atoms with Gasteiger partial charge in [0.2, 0.25) is 0 Å². The van der Waals surface area contributed by atoms with E-state index in [9.17, 15) is 19.2 Å². The molecule has 1 N–H and O–H groups in total. The van der Waals surface area contributed by atoms with Crippen LogP contribution in [0.3, 0.4) is 0 Å². The monoisotopic (exact) mass is 337 g/mol. The Hall–Kier alpha value is -2.84. The van der Waals surface area contributed by atoms with E-state index in [0.717, 1.165) is 0 Å². The van der Waals surface area contributed by atoms with Gasteiger partial charge in [-0.2, -0.15) is 0 Å². The molecule has 0 aromatic carbocycles. The van der Waals surface area contributed by atoms with Crippen molar-refractivity contribution in [2.75, 3.05) is 26.2 Å². The molecule has 0 aliphatic carbocycles. The Bertz CT molecular complexity index is 613. The number of hydrogen-bond acceptors (Lipinski definition) is 6. The lowest BCUT2D eigenvalue weighted by Gasteiger charge is -2.27. The number of nitrogens with zero attached hydrogens (tertiary/aromatic N) is 2. The summed E-state index contributed by atoms with van der Waals surface area (Å²) < 4.78 is 9.66. The number of ether oxygens (including phenoxy) is 1. The molecule has 24 heavy (non-hydrogen) atoms. The van der Waals surface area contributed by atoms with Gasteiger partial charge in [-0.15, -0.1) is 0 Å². The molecule has 9 nitrogen and oxygen atoms in total. The number of hydrogen-bond donors (Lipinski definition) is 1. The summed E-state index contributed by atoms with van der Waals surface area (Å²) in [5.74, 6) is -1.99. The molecule has 0 radical (unpaired) electrons. The third-order valence-corrected chi connectivity index (χ3v) is 3.35. The highest BCUT2D eigenvalue weighted by molar-refractivity contribution is 5.96. The van der Waals surface area contributed by atoms with Crippen molar-refractivity contribution in [3.05, 3.63) is 24.2 Å². The second-order valence-electron chi connectivity index (χ2n) is 5.03. The number of rotatable bonds is 6. The van der Waals surface area contributed by atoms with Crippen LogP contribution in [0.15, 0.2) is 22.8 Å². The predicted octanol–water partition coefficient (Wildman–Crippen LogP) is -0.0615. The molecule has 130 valence electrons. The van der Waals surface area contributed by atoms with Crippen LogP contribution in [0.25, 0.3) is 0 Å². The first-order valence-corrected chi connectivity index (χ1v) is 7.61. The minimum atomic E-state index is -0.632. The molecule has 0 saturated carbocycles. The van der Waals surface area contributed by atoms with Crippen LogP contribution in [0.4, 0.5) is 0 Å². The Morgan fingerprint density at radius 2 is 1.92 bits per heavy atom. The molecular formula is C15H19N3O6. The maximum atomic E-state index is 12.2. The van der Waals surface area contributed by atoms with Crippen LogP contribution in [0, 0.1) is 0 Å². The second kappa shape index (κ2) is 8.14. The SMILES string of the molecule is CCOC(=O)CC(=O)N1CCCN1C(=O)CNC(=O)c1ccco1. The van der Waals surface area contributed by atoms with Gasteiger partial charge in [-0.1, -0.05) is 0 Å². The van der Waals surface area contributed by atoms with Crippen LogP contribution < -0.4 is 5.32 Å². The number of furan rings is 1. The van der Waals surface area contributed by atoms with Crippen molar-refractivity contribution in [1.82, 2.24) is 15.3 Å². The smallest absolute Gasteiger partial charge is 0.315 e. The third kappa shape index (κ3) is 4.34. The molecule has 1 aromatic rings. The Balaban J connectivity index is 1.87. The van der Waals surface area contributed by atoms with E-state index >= 15 is 0 Å². The largest absolute Gasteiger partial charge is 0.466 e. The number of nitrogens with one attached hydrogen (secondary N) is 1. The van der Waals surface area contributed by atoms with Gasteiger partial charge in [0.25, 0.3) is 17.7 Å². The Labute approximate surface area is 138 Å². The van der Waals surface area contributed by atoms with Crippen LogP contribution in [0.5, 0.6) is 0 Å². The van der Waals surface area contributed by atoms with E-state index in [-0.39, 0.29) is 18.9 Å². The highest BCUT2D eigenvalue weighted by atomic mass is 16.5. The first-order valence-electron chi connectivity index (χ1n) is 7.61. The number of carbonyl (C=O) groups excluding carboxylic acids is 4. The lowest BCUT2D eigenvalue weighted by atomic mass is 10.4. The topological polar surface area (TPSA) is 109 Å². The van der Waals surface area contributed by atoms with Crippen molar-refractivity contribution in [3.8, 4) is 0 Å². The average Bonchev–Trinajstić information content (AvgIpc) is 3.23. The fraction of sp³-hybridized carbons (Fsp3) is 0.467. The van der Waals surface area contributed by atoms with E-state index in [0.29, 0.717) is 19.5 Å². The summed E-state index contributed by atoms with van der Waals surface area (Å²) >= 11 is 0. The Morgan fingerprint density at radius 1 is 1.21 bits per heavy atom. The van der Waals surface area contributed by atoms with Crippen LogP contribution in [0.1, 0.15) is 30.3 Å². The summed E-state index contributed by atoms with van der Waals surface area (Å²) in [5.41, 5.74) is 0. The van der Waals surface area contributed by atoms with Gasteiger partial charge < -0.3 is 14.5 Å². The zero-order valence-corrected chi connectivity index (χ0v) is 13.3. The maximum absolute atomic E-state index is 12.2. The summed E-state index contributed by atoms with van der Waals surface area (Å²) in [6.45, 7) is 2.26. The lowest BCUT2D eigenvalue weighted by molar-refractivity contribution is -0.161. The molecular weight excluding hydrogens is 318 g/mol. The minimum absolute atomic E-state index is 0.0967. The summed E-state index contributed by atoms with van der Waals surface area (Å²) in [6.07, 6.45) is 1.54. The number of esters is 1. The van der Waals surface area contributed by atoms with Crippen molar-refractivity contribution < 1.29 is 28.3 Å². The quantitative estimate of drug-likeness (QED) is 0.575. The molecule has 9 heteroatoms. The summed E-state index contributed by atoms with van der Waals surface area (Å²) in [5, 5.41) is 4.89. The molecule has 1 aromatic heterocycles. The van der Waals surface area contributed by atoms with Crippen molar-refractivity contribution in [3.63, 3.8) is 0 Å². The highest BCUT2D eigenvalue weighted by Crippen LogP contribution is 2.12. The number of hydrazine groups is 1. The van der Waals surface area contributed by atoms with Gasteiger partial charge in [-0.3, -0.25) is 24.2 Å². The molecule has 0 bridgehead atoms. The summed E-state index contributed by atoms with van der Waals surface area (Å²) in [7, 11) is 0. The van der Waals surface area contributed by atoms with Gasteiger partial charge in [0.1, 0.15) is 6.42 Å². The lowest BCUT2D eigenvalue weighted by Crippen LogP contribution is -2.49. The first-order chi connectivity index (χ1) is 11.5. The first kappa shape index (κ1) is 17.5. The van der Waals surface area contributed by atoms with E-state index in [1.807, 2.05) is 0 Å². The van der Waals surface area contributed by atoms with Crippen molar-refractivity contribution in [2.24, 2.45) is 0 Å². The molecule has 3 amide bonds. The van der Waals surface area contributed by atoms with E-state index in [1.54, 1.807) is 13.0 Å². The normalized spacial score (nSPS) is 13.7. The number of carbonyl (C=O) groups is 4. The molecule has 1 saturated heterocycles. The van der Waals surface area contributed by atoms with Crippen LogP contribution in [-0.4, -0.2) is 59.9 Å². The predicted molar refractivity (Wildman–Crippen MR) is 80.3 cm³/mol. The van der Waals surface area contributed by atoms with E-state index < -0.39 is 30.1 Å². The molecule has 1 aliphatic rings. The highest BCUT2D eigenvalue weighted by Gasteiger charge is 2.31. The maximum Gasteiger partial charge on any atom is 0.315 e. The van der Waals surface area contributed by atoms with Crippen molar-refractivity contribution >= 4 is 23.7 Å². The molecule has 0 unspecified atom stereocenters. The molecule has 2 rings (SSSR count). The molecule has 0 atom stereocenters. The summed E-state index contributed by atoms with van der Waals surface area (Å²) in [6, 6.07) is 3.04. The van der Waals surface area contributed by atoms with E-state index in [2.05, 4.69) is 5.32 Å². The fourth-order valence-electron chi connectivity index (χ4n) is 2.30. The molecule has 1 fully saturated rings. The second-order valence-corrected chi connectivity index (χ2v) is 5.03. The van der Waals surface area contributed by atoms with E-state index in [4.69, 9.17) is 9.15 Å². The summed E-state index contributed by atoms with van der Waals surface area (Å²) in [4.78, 5) is 47.4. The number of amides is 3. The van der Waals surface area contributed by atoms with Gasteiger partial charge in [0.15, 0.2) is 5.76 Å². The van der Waals surface area contributed by atoms with Gasteiger partial charge in [-0.25, -0.2) is 5.01 Å². The Kier molecular flexibility index (Phi) is 5.94. The van der Waals surface area contributed by atoms with E-state index in [1.165, 1.54) is 22.3 Å². The van der Waals surface area contributed by atoms with Gasteiger partial charge in [0.05, 0.1) is 19.4 Å². The Morgan fingerprint density at radius 3 is 2.54 bits per heavy atom. The standard InChI is InChI=1S/C15H19N3O6/c1-2-23-14(21)9-12(19)17-6-4-7-18(17)13(20)10-16-15(22)11-5-3-8-24-11/h3,5,8H,2,4,6-7,9-10H2,1H3,(H,16,22). The minimum Gasteiger partial charge on any atom is -0.466 e. The zero-order chi connectivity index (χ0) is 17.5. The van der Waals surface area contributed by atoms with Crippen molar-refractivity contribution in [1.29, 1.82) is 0 Å². The molecule has 1 aliphatic heterocycles. The zero-order valence-electron chi connectivity index (χ0n) is 13.3. The third-order valence-electron chi connectivity index (χ3n) is 3.35. The van der Waals surface area contributed by atoms with Gasteiger partial charge in [-0.05, 0) is 25.5 Å². The van der Waals surface area contributed by atoms with Gasteiger partial charge in [0, 0.05) is 13.1 Å². The van der Waals surface area contributed by atoms with Crippen molar-refractivity contribution in [2.45, 2.75) is 19.8 Å². The van der Waals surface area contributed by atoms with Crippen LogP contribution in [-0.2, 0) is 19.1 Å². The van der Waals surface area contributed by atoms with Gasteiger partial charge >= 0.3 is 5.97 Å². The average molecular weight is 337 g/mol. The fourth-order valence-corrected chi connectivity index (χ4v) is 2.30.